The van der Waals surface area contributed by atoms with Crippen molar-refractivity contribution in [3.63, 3.8) is 0 Å². The van der Waals surface area contributed by atoms with Crippen LogP contribution in [0.25, 0.3) is 0 Å². The predicted molar refractivity (Wildman–Crippen MR) is 90.9 cm³/mol. The molecule has 0 unspecified atom stereocenters. The molecule has 1 aliphatic rings. The third-order valence-electron chi connectivity index (χ3n) is 4.17. The monoisotopic (exact) mass is 326 g/mol. The number of amides is 1. The molecule has 2 aromatic heterocycles. The lowest BCUT2D eigenvalue weighted by atomic mass is 9.94. The van der Waals surface area contributed by atoms with Gasteiger partial charge in [-0.3, -0.25) is 9.78 Å². The highest BCUT2D eigenvalue weighted by Gasteiger charge is 2.25. The number of likely N-dealkylation sites (tertiary alicyclic amines) is 1. The molecule has 24 heavy (non-hydrogen) atoms. The summed E-state index contributed by atoms with van der Waals surface area (Å²) in [6.07, 6.45) is 7.51. The van der Waals surface area contributed by atoms with Crippen LogP contribution in [0.1, 0.15) is 43.6 Å². The Bertz CT molecular complexity index is 705. The van der Waals surface area contributed by atoms with E-state index in [4.69, 9.17) is 0 Å². The summed E-state index contributed by atoms with van der Waals surface area (Å²) in [6, 6.07) is 1.95. The van der Waals surface area contributed by atoms with Gasteiger partial charge in [0, 0.05) is 43.9 Å². The van der Waals surface area contributed by atoms with E-state index in [-0.39, 0.29) is 11.8 Å². The summed E-state index contributed by atoms with van der Waals surface area (Å²) in [7, 11) is 0. The van der Waals surface area contributed by atoms with E-state index in [1.807, 2.05) is 24.8 Å². The van der Waals surface area contributed by atoms with Crippen LogP contribution < -0.4 is 5.32 Å². The van der Waals surface area contributed by atoms with Gasteiger partial charge in [0.05, 0.1) is 11.9 Å². The second-order valence-corrected chi connectivity index (χ2v) is 5.97. The van der Waals surface area contributed by atoms with Crippen molar-refractivity contribution in [2.24, 2.45) is 0 Å². The fourth-order valence-corrected chi connectivity index (χ4v) is 3.03. The SMILES string of the molecule is CCC(=O)N1CCC[C@@H](c2cc(Nc3cnccn3)nc(C)n2)C1. The number of hydrogen-bond donors (Lipinski definition) is 1. The van der Waals surface area contributed by atoms with E-state index in [0.29, 0.717) is 23.9 Å². The summed E-state index contributed by atoms with van der Waals surface area (Å²) in [5, 5.41) is 3.16. The maximum Gasteiger partial charge on any atom is 0.222 e. The molecule has 0 spiro atoms. The lowest BCUT2D eigenvalue weighted by molar-refractivity contribution is -0.132. The van der Waals surface area contributed by atoms with Crippen LogP contribution in [-0.4, -0.2) is 43.8 Å². The van der Waals surface area contributed by atoms with Crippen LogP contribution >= 0.6 is 0 Å². The van der Waals surface area contributed by atoms with Crippen molar-refractivity contribution in [3.05, 3.63) is 36.2 Å². The van der Waals surface area contributed by atoms with E-state index in [9.17, 15) is 4.79 Å². The van der Waals surface area contributed by atoms with E-state index >= 15 is 0 Å². The zero-order valence-corrected chi connectivity index (χ0v) is 14.1. The van der Waals surface area contributed by atoms with Gasteiger partial charge < -0.3 is 10.2 Å². The standard InChI is InChI=1S/C17H22N6O/c1-3-17(24)23-8-4-5-13(11-23)14-9-15(21-12(2)20-14)22-16-10-18-6-7-19-16/h6-7,9-10,13H,3-5,8,11H2,1-2H3,(H,19,20,21,22)/t13-/m1/s1. The molecule has 0 aliphatic carbocycles. The van der Waals surface area contributed by atoms with Crippen molar-refractivity contribution in [1.29, 1.82) is 0 Å². The molecule has 7 heteroatoms. The average molecular weight is 326 g/mol. The van der Waals surface area contributed by atoms with E-state index in [0.717, 1.165) is 31.6 Å². The topological polar surface area (TPSA) is 83.9 Å². The minimum atomic E-state index is 0.211. The van der Waals surface area contributed by atoms with Crippen LogP contribution in [0.3, 0.4) is 0 Å². The van der Waals surface area contributed by atoms with Gasteiger partial charge in [0.2, 0.25) is 5.91 Å². The molecule has 1 saturated heterocycles. The number of anilines is 2. The molecule has 0 radical (unpaired) electrons. The Hall–Kier alpha value is -2.57. The van der Waals surface area contributed by atoms with Crippen LogP contribution in [0.5, 0.6) is 0 Å². The fourth-order valence-electron chi connectivity index (χ4n) is 3.03. The number of aryl methyl sites for hydroxylation is 1. The van der Waals surface area contributed by atoms with Gasteiger partial charge in [-0.25, -0.2) is 15.0 Å². The van der Waals surface area contributed by atoms with Crippen LogP contribution in [0.2, 0.25) is 0 Å². The van der Waals surface area contributed by atoms with Crippen molar-refractivity contribution in [3.8, 4) is 0 Å². The Morgan fingerprint density at radius 1 is 1.33 bits per heavy atom. The van der Waals surface area contributed by atoms with Gasteiger partial charge in [-0.05, 0) is 19.8 Å². The summed E-state index contributed by atoms with van der Waals surface area (Å²) in [5.41, 5.74) is 0.975. The number of nitrogens with one attached hydrogen (secondary N) is 1. The molecular weight excluding hydrogens is 304 g/mol. The Balaban J connectivity index is 1.79. The van der Waals surface area contributed by atoms with E-state index in [2.05, 4.69) is 25.3 Å². The van der Waals surface area contributed by atoms with Crippen LogP contribution in [-0.2, 0) is 4.79 Å². The highest BCUT2D eigenvalue weighted by Crippen LogP contribution is 2.27. The van der Waals surface area contributed by atoms with Gasteiger partial charge in [0.15, 0.2) is 0 Å². The quantitative estimate of drug-likeness (QED) is 0.929. The molecule has 1 fully saturated rings. The molecule has 3 heterocycles. The minimum absolute atomic E-state index is 0.211. The molecule has 0 saturated carbocycles. The van der Waals surface area contributed by atoms with Gasteiger partial charge in [-0.2, -0.15) is 0 Å². The molecule has 2 aromatic rings. The van der Waals surface area contributed by atoms with E-state index in [1.54, 1.807) is 18.6 Å². The Morgan fingerprint density at radius 2 is 2.21 bits per heavy atom. The van der Waals surface area contributed by atoms with Crippen LogP contribution in [0, 0.1) is 6.92 Å². The first-order chi connectivity index (χ1) is 11.7. The van der Waals surface area contributed by atoms with Crippen LogP contribution in [0.4, 0.5) is 11.6 Å². The Morgan fingerprint density at radius 3 is 2.96 bits per heavy atom. The molecule has 7 nitrogen and oxygen atoms in total. The third kappa shape index (κ3) is 3.84. The summed E-state index contributed by atoms with van der Waals surface area (Å²) in [6.45, 7) is 5.36. The normalized spacial score (nSPS) is 17.6. The highest BCUT2D eigenvalue weighted by atomic mass is 16.2. The summed E-state index contributed by atoms with van der Waals surface area (Å²) in [4.78, 5) is 31.2. The molecule has 1 N–H and O–H groups in total. The van der Waals surface area contributed by atoms with Gasteiger partial charge in [-0.15, -0.1) is 0 Å². The molecule has 126 valence electrons. The number of piperidine rings is 1. The van der Waals surface area contributed by atoms with Crippen molar-refractivity contribution in [2.75, 3.05) is 18.4 Å². The first-order valence-corrected chi connectivity index (χ1v) is 8.32. The number of carbonyl (C=O) groups is 1. The maximum absolute atomic E-state index is 12.0. The van der Waals surface area contributed by atoms with Gasteiger partial charge in [-0.1, -0.05) is 6.92 Å². The number of aromatic nitrogens is 4. The Kier molecular flexibility index (Phi) is 4.98. The molecule has 3 rings (SSSR count). The smallest absolute Gasteiger partial charge is 0.222 e. The fraction of sp³-hybridized carbons (Fsp3) is 0.471. The van der Waals surface area contributed by atoms with Crippen molar-refractivity contribution in [1.82, 2.24) is 24.8 Å². The summed E-state index contributed by atoms with van der Waals surface area (Å²) >= 11 is 0. The van der Waals surface area contributed by atoms with Gasteiger partial charge in [0.1, 0.15) is 17.5 Å². The van der Waals surface area contributed by atoms with Crippen LogP contribution in [0.15, 0.2) is 24.7 Å². The Labute approximate surface area is 141 Å². The predicted octanol–water partition coefficient (Wildman–Crippen LogP) is 2.43. The van der Waals surface area contributed by atoms with E-state index in [1.165, 1.54) is 0 Å². The minimum Gasteiger partial charge on any atom is -0.342 e. The van der Waals surface area contributed by atoms with Crippen molar-refractivity contribution < 1.29 is 4.79 Å². The lowest BCUT2D eigenvalue weighted by Gasteiger charge is -2.32. The largest absolute Gasteiger partial charge is 0.342 e. The summed E-state index contributed by atoms with van der Waals surface area (Å²) < 4.78 is 0. The average Bonchev–Trinajstić information content (AvgIpc) is 2.61. The molecule has 0 bridgehead atoms. The zero-order valence-electron chi connectivity index (χ0n) is 14.1. The molecular formula is C17H22N6O. The highest BCUT2D eigenvalue weighted by molar-refractivity contribution is 5.76. The first kappa shape index (κ1) is 16.3. The maximum atomic E-state index is 12.0. The number of carbonyl (C=O) groups excluding carboxylic acids is 1. The van der Waals surface area contributed by atoms with Gasteiger partial charge in [0.25, 0.3) is 0 Å². The zero-order chi connectivity index (χ0) is 16.9. The third-order valence-corrected chi connectivity index (χ3v) is 4.17. The van der Waals surface area contributed by atoms with Gasteiger partial charge >= 0.3 is 0 Å². The number of rotatable bonds is 4. The number of hydrogen-bond acceptors (Lipinski definition) is 6. The first-order valence-electron chi connectivity index (χ1n) is 8.32. The second-order valence-electron chi connectivity index (χ2n) is 5.97. The number of nitrogens with zero attached hydrogens (tertiary/aromatic N) is 5. The molecule has 1 aliphatic heterocycles. The van der Waals surface area contributed by atoms with Crippen molar-refractivity contribution >= 4 is 17.5 Å². The lowest BCUT2D eigenvalue weighted by Crippen LogP contribution is -2.39. The molecule has 1 atom stereocenters. The second kappa shape index (κ2) is 7.33. The van der Waals surface area contributed by atoms with Crippen molar-refractivity contribution in [2.45, 2.75) is 39.0 Å². The molecule has 0 aromatic carbocycles. The van der Waals surface area contributed by atoms with E-state index < -0.39 is 0 Å². The molecule has 1 amide bonds. The summed E-state index contributed by atoms with van der Waals surface area (Å²) in [5.74, 6) is 2.52.